The maximum Gasteiger partial charge on any atom is 0.305 e. The molecule has 2 atom stereocenters. The van der Waals surface area contributed by atoms with E-state index < -0.39 is 12.1 Å². The van der Waals surface area contributed by atoms with Crippen LogP contribution in [-0.2, 0) is 14.3 Å². The highest BCUT2D eigenvalue weighted by Gasteiger charge is 2.18. The van der Waals surface area contributed by atoms with Gasteiger partial charge in [0.05, 0.1) is 25.4 Å². The van der Waals surface area contributed by atoms with Crippen molar-refractivity contribution in [3.05, 3.63) is 12.2 Å². The highest BCUT2D eigenvalue weighted by molar-refractivity contribution is 5.76. The molecule has 6 heteroatoms. The molecule has 2 unspecified atom stereocenters. The van der Waals surface area contributed by atoms with Crippen molar-refractivity contribution in [2.24, 2.45) is 0 Å². The van der Waals surface area contributed by atoms with Gasteiger partial charge in [-0.25, -0.2) is 0 Å². The minimum absolute atomic E-state index is 0.0281. The maximum absolute atomic E-state index is 12.5. The van der Waals surface area contributed by atoms with E-state index in [9.17, 15) is 19.8 Å². The van der Waals surface area contributed by atoms with Crippen LogP contribution in [-0.4, -0.2) is 47.4 Å². The van der Waals surface area contributed by atoms with Gasteiger partial charge in [0.2, 0.25) is 5.91 Å². The quantitative estimate of drug-likeness (QED) is 0.0320. The van der Waals surface area contributed by atoms with Gasteiger partial charge in [0.1, 0.15) is 0 Å². The minimum atomic E-state index is -0.840. The van der Waals surface area contributed by atoms with Crippen molar-refractivity contribution in [1.29, 1.82) is 0 Å². The van der Waals surface area contributed by atoms with E-state index in [-0.39, 0.29) is 18.5 Å². The third-order valence-corrected chi connectivity index (χ3v) is 20.3. The third kappa shape index (κ3) is 77.5. The van der Waals surface area contributed by atoms with Crippen LogP contribution in [0.5, 0.6) is 0 Å². The number of amides is 1. The van der Waals surface area contributed by atoms with Crippen molar-refractivity contribution < 1.29 is 24.5 Å². The highest BCUT2D eigenvalue weighted by Crippen LogP contribution is 2.21. The van der Waals surface area contributed by atoms with Gasteiger partial charge in [0.15, 0.2) is 0 Å². The molecule has 0 aliphatic carbocycles. The molecule has 0 heterocycles. The van der Waals surface area contributed by atoms with E-state index in [0.717, 1.165) is 38.5 Å². The summed E-state index contributed by atoms with van der Waals surface area (Å²) < 4.78 is 5.51. The van der Waals surface area contributed by atoms with Crippen molar-refractivity contribution in [3.8, 4) is 0 Å². The average Bonchev–Trinajstić information content (AvgIpc) is 3.63. The molecule has 0 saturated carbocycles. The fraction of sp³-hybridized carbons (Fsp3) is 0.953. The van der Waals surface area contributed by atoms with Gasteiger partial charge >= 0.3 is 5.97 Å². The molecule has 91 heavy (non-hydrogen) atoms. The maximum atomic E-state index is 12.5. The molecule has 0 bridgehead atoms. The Morgan fingerprint density at radius 2 is 0.505 bits per heavy atom. The molecule has 6 nitrogen and oxygen atoms in total. The summed E-state index contributed by atoms with van der Waals surface area (Å²) in [4.78, 5) is 24.6. The number of esters is 1. The van der Waals surface area contributed by atoms with Gasteiger partial charge in [-0.05, 0) is 32.1 Å². The van der Waals surface area contributed by atoms with Crippen LogP contribution in [0, 0.1) is 0 Å². The molecule has 1 amide bonds. The van der Waals surface area contributed by atoms with Crippen LogP contribution in [0.2, 0.25) is 0 Å². The first-order valence-corrected chi connectivity index (χ1v) is 42.5. The van der Waals surface area contributed by atoms with E-state index in [0.29, 0.717) is 19.4 Å². The van der Waals surface area contributed by atoms with Gasteiger partial charge in [-0.3, -0.25) is 9.59 Å². The molecular formula is C85H167NO5. The lowest BCUT2D eigenvalue weighted by Crippen LogP contribution is -2.45. The predicted octanol–water partition coefficient (Wildman–Crippen LogP) is 28.2. The number of hydrogen-bond donors (Lipinski definition) is 3. The summed E-state index contributed by atoms with van der Waals surface area (Å²) in [6.45, 7) is 4.97. The zero-order valence-electron chi connectivity index (χ0n) is 62.4. The summed E-state index contributed by atoms with van der Waals surface area (Å²) in [5.74, 6) is -0.0285. The van der Waals surface area contributed by atoms with Crippen molar-refractivity contribution >= 4 is 11.9 Å². The number of aliphatic hydroxyl groups is 2. The topological polar surface area (TPSA) is 95.9 Å². The fourth-order valence-electron chi connectivity index (χ4n) is 13.9. The first-order chi connectivity index (χ1) is 45.0. The van der Waals surface area contributed by atoms with Gasteiger partial charge in [-0.2, -0.15) is 0 Å². The van der Waals surface area contributed by atoms with Gasteiger partial charge in [-0.15, -0.1) is 0 Å². The molecule has 0 aliphatic heterocycles. The monoisotopic (exact) mass is 1280 g/mol. The lowest BCUT2D eigenvalue weighted by molar-refractivity contribution is -0.143. The summed E-state index contributed by atoms with van der Waals surface area (Å²) in [5, 5.41) is 23.3. The number of carbonyl (C=O) groups excluding carboxylic acids is 2. The molecule has 0 spiro atoms. The van der Waals surface area contributed by atoms with Crippen LogP contribution < -0.4 is 5.32 Å². The summed E-state index contributed by atoms with van der Waals surface area (Å²) in [5.41, 5.74) is 0. The van der Waals surface area contributed by atoms with Crippen molar-refractivity contribution in [1.82, 2.24) is 5.32 Å². The van der Waals surface area contributed by atoms with E-state index in [2.05, 4.69) is 19.2 Å². The Morgan fingerprint density at radius 1 is 0.297 bits per heavy atom. The van der Waals surface area contributed by atoms with Crippen LogP contribution in [0.15, 0.2) is 12.2 Å². The van der Waals surface area contributed by atoms with Crippen LogP contribution in [0.3, 0.4) is 0 Å². The van der Waals surface area contributed by atoms with Crippen molar-refractivity contribution in [3.63, 3.8) is 0 Å². The largest absolute Gasteiger partial charge is 0.466 e. The lowest BCUT2D eigenvalue weighted by atomic mass is 10.0. The molecule has 3 N–H and O–H groups in total. The number of unbranched alkanes of at least 4 members (excludes halogenated alkanes) is 70. The Balaban J connectivity index is 3.30. The molecule has 0 saturated heterocycles. The van der Waals surface area contributed by atoms with Gasteiger partial charge < -0.3 is 20.3 Å². The van der Waals surface area contributed by atoms with E-state index >= 15 is 0 Å². The van der Waals surface area contributed by atoms with E-state index in [4.69, 9.17) is 4.74 Å². The SMILES string of the molecule is CCCCCCCCCCCCCCCCCCCC/C=C/C(O)C(CO)NC(=O)CCCCCCCCCCCCCCCCCCCCCCCCCCCCCCCCCCCCCCCCCOC(=O)CCCCCCCCCCCCCCCCC. The van der Waals surface area contributed by atoms with E-state index in [1.165, 1.54) is 430 Å². The number of rotatable bonds is 81. The van der Waals surface area contributed by atoms with Crippen LogP contribution in [0.25, 0.3) is 0 Å². The van der Waals surface area contributed by atoms with E-state index in [1.54, 1.807) is 6.08 Å². The lowest BCUT2D eigenvalue weighted by Gasteiger charge is -2.20. The van der Waals surface area contributed by atoms with Crippen LogP contribution in [0.1, 0.15) is 495 Å². The molecule has 542 valence electrons. The number of carbonyl (C=O) groups is 2. The Hall–Kier alpha value is -1.40. The number of nitrogens with one attached hydrogen (secondary N) is 1. The van der Waals surface area contributed by atoms with Gasteiger partial charge in [0.25, 0.3) is 0 Å². The van der Waals surface area contributed by atoms with Gasteiger partial charge in [0, 0.05) is 12.8 Å². The Morgan fingerprint density at radius 3 is 0.747 bits per heavy atom. The van der Waals surface area contributed by atoms with Crippen LogP contribution in [0.4, 0.5) is 0 Å². The summed E-state index contributed by atoms with van der Waals surface area (Å²) in [6.07, 6.45) is 104. The predicted molar refractivity (Wildman–Crippen MR) is 403 cm³/mol. The second kappa shape index (κ2) is 81.0. The number of hydrogen-bond acceptors (Lipinski definition) is 5. The number of allylic oxidation sites excluding steroid dienone is 1. The summed E-state index contributed by atoms with van der Waals surface area (Å²) in [7, 11) is 0. The third-order valence-electron chi connectivity index (χ3n) is 20.3. The second-order valence-corrected chi connectivity index (χ2v) is 29.5. The Bertz CT molecular complexity index is 1380. The fourth-order valence-corrected chi connectivity index (χ4v) is 13.9. The molecule has 0 aromatic carbocycles. The second-order valence-electron chi connectivity index (χ2n) is 29.5. The number of ether oxygens (including phenoxy) is 1. The Labute approximate surface area is 571 Å². The van der Waals surface area contributed by atoms with Gasteiger partial charge in [-0.1, -0.05) is 463 Å². The summed E-state index contributed by atoms with van der Waals surface area (Å²) >= 11 is 0. The Kier molecular flexibility index (Phi) is 79.8. The van der Waals surface area contributed by atoms with Crippen molar-refractivity contribution in [2.75, 3.05) is 13.2 Å². The molecule has 0 fully saturated rings. The van der Waals surface area contributed by atoms with Crippen LogP contribution >= 0.6 is 0 Å². The summed E-state index contributed by atoms with van der Waals surface area (Å²) in [6, 6.07) is -0.623. The molecule has 0 radical (unpaired) electrons. The highest BCUT2D eigenvalue weighted by atomic mass is 16.5. The van der Waals surface area contributed by atoms with E-state index in [1.807, 2.05) is 6.08 Å². The molecule has 0 aromatic rings. The minimum Gasteiger partial charge on any atom is -0.466 e. The standard InChI is InChI=1S/C85H167NO5/c1-3-5-7-9-11-13-15-17-19-20-21-43-46-50-53-57-61-65-69-73-77-83(88)82(81-87)86-84(89)78-74-70-66-62-58-54-51-47-44-41-39-37-35-33-31-29-27-25-23-22-24-26-28-30-32-34-36-38-40-42-45-48-52-56-60-64-68-72-76-80-91-85(90)79-75-71-67-63-59-55-49-18-16-14-12-10-8-6-4-2/h73,77,82-83,87-88H,3-72,74-76,78-81H2,1-2H3,(H,86,89)/b77-73+. The average molecular weight is 1280 g/mol. The molecular weight excluding hydrogens is 1110 g/mol. The first kappa shape index (κ1) is 89.6. The molecule has 0 aliphatic rings. The zero-order chi connectivity index (χ0) is 65.6. The smallest absolute Gasteiger partial charge is 0.305 e. The normalized spacial score (nSPS) is 12.4. The van der Waals surface area contributed by atoms with Crippen molar-refractivity contribution in [2.45, 2.75) is 508 Å². The molecule has 0 aromatic heterocycles. The number of aliphatic hydroxyl groups excluding tert-OH is 2. The zero-order valence-corrected chi connectivity index (χ0v) is 62.4. The first-order valence-electron chi connectivity index (χ1n) is 42.5. The molecule has 0 rings (SSSR count).